The number of amides is 2. The van der Waals surface area contributed by atoms with Crippen LogP contribution < -0.4 is 21.1 Å². The summed E-state index contributed by atoms with van der Waals surface area (Å²) in [7, 11) is 0. The number of carbonyl (C=O) groups is 2. The van der Waals surface area contributed by atoms with E-state index in [9.17, 15) is 14.4 Å². The highest BCUT2D eigenvalue weighted by atomic mass is 16.5. The molecule has 2 amide bonds. The van der Waals surface area contributed by atoms with Gasteiger partial charge in [0.2, 0.25) is 0 Å². The van der Waals surface area contributed by atoms with E-state index in [1.165, 1.54) is 0 Å². The largest absolute Gasteiger partial charge is 0.484 e. The van der Waals surface area contributed by atoms with E-state index in [2.05, 4.69) is 21.0 Å². The van der Waals surface area contributed by atoms with Crippen LogP contribution >= 0.6 is 0 Å². The predicted molar refractivity (Wildman–Crippen MR) is 94.6 cm³/mol. The van der Waals surface area contributed by atoms with Gasteiger partial charge in [-0.25, -0.2) is 5.10 Å². The number of nitrogens with zero attached hydrogens (tertiary/aromatic N) is 2. The molecule has 3 rings (SSSR count). The lowest BCUT2D eigenvalue weighted by Crippen LogP contribution is -2.44. The number of hydrogen-bond donors (Lipinski definition) is 3. The molecule has 3 N–H and O–H groups in total. The zero-order valence-corrected chi connectivity index (χ0v) is 13.9. The molecule has 0 radical (unpaired) electrons. The summed E-state index contributed by atoms with van der Waals surface area (Å²) in [4.78, 5) is 35.8. The first-order chi connectivity index (χ1) is 13.1. The summed E-state index contributed by atoms with van der Waals surface area (Å²) in [5.74, 6) is -0.876. The number of nitrogens with one attached hydrogen (secondary N) is 3. The fourth-order valence-corrected chi connectivity index (χ4v) is 2.28. The molecule has 3 aromatic rings. The van der Waals surface area contributed by atoms with E-state index in [4.69, 9.17) is 10.00 Å². The SMILES string of the molecule is N#Cc1ccc(OCC(=O)NNC(=O)c2n[nH]c(=O)c3ccccc23)cc1. The third kappa shape index (κ3) is 4.08. The molecular formula is C18H13N5O4. The Morgan fingerprint density at radius 3 is 2.48 bits per heavy atom. The fourth-order valence-electron chi connectivity index (χ4n) is 2.28. The van der Waals surface area contributed by atoms with Crippen molar-refractivity contribution in [3.63, 3.8) is 0 Å². The number of carbonyl (C=O) groups excluding carboxylic acids is 2. The lowest BCUT2D eigenvalue weighted by atomic mass is 10.1. The van der Waals surface area contributed by atoms with Crippen LogP contribution in [0.5, 0.6) is 5.75 Å². The van der Waals surface area contributed by atoms with Crippen LogP contribution in [0.3, 0.4) is 0 Å². The van der Waals surface area contributed by atoms with Gasteiger partial charge in [0.1, 0.15) is 5.75 Å². The highest BCUT2D eigenvalue weighted by Crippen LogP contribution is 2.12. The molecule has 9 heteroatoms. The van der Waals surface area contributed by atoms with E-state index < -0.39 is 17.4 Å². The van der Waals surface area contributed by atoms with E-state index in [1.54, 1.807) is 48.5 Å². The molecule has 0 bridgehead atoms. The second kappa shape index (κ2) is 7.79. The Morgan fingerprint density at radius 1 is 1.07 bits per heavy atom. The Labute approximate surface area is 152 Å². The second-order valence-corrected chi connectivity index (χ2v) is 5.37. The molecule has 0 saturated carbocycles. The maximum atomic E-state index is 12.2. The van der Waals surface area contributed by atoms with E-state index in [0.717, 1.165) is 0 Å². The molecular weight excluding hydrogens is 350 g/mol. The zero-order valence-electron chi connectivity index (χ0n) is 13.9. The third-order valence-electron chi connectivity index (χ3n) is 3.58. The second-order valence-electron chi connectivity index (χ2n) is 5.37. The van der Waals surface area contributed by atoms with Crippen molar-refractivity contribution in [2.24, 2.45) is 0 Å². The Morgan fingerprint density at radius 2 is 1.78 bits per heavy atom. The van der Waals surface area contributed by atoms with Crippen molar-refractivity contribution in [3.8, 4) is 11.8 Å². The van der Waals surface area contributed by atoms with Gasteiger partial charge < -0.3 is 4.74 Å². The smallest absolute Gasteiger partial charge is 0.290 e. The number of aromatic nitrogens is 2. The van der Waals surface area contributed by atoms with Crippen LogP contribution in [0, 0.1) is 11.3 Å². The number of H-pyrrole nitrogens is 1. The number of aromatic amines is 1. The molecule has 1 aromatic heterocycles. The normalized spacial score (nSPS) is 10.0. The molecule has 1 heterocycles. The monoisotopic (exact) mass is 363 g/mol. The molecule has 134 valence electrons. The number of hydrogen-bond acceptors (Lipinski definition) is 6. The summed E-state index contributed by atoms with van der Waals surface area (Å²) in [6.45, 7) is -0.341. The summed E-state index contributed by atoms with van der Waals surface area (Å²) in [5.41, 5.74) is 4.45. The lowest BCUT2D eigenvalue weighted by Gasteiger charge is -2.09. The number of fused-ring (bicyclic) bond motifs is 1. The summed E-state index contributed by atoms with van der Waals surface area (Å²) in [6, 6.07) is 14.7. The average molecular weight is 363 g/mol. The van der Waals surface area contributed by atoms with Gasteiger partial charge in [0.25, 0.3) is 17.4 Å². The van der Waals surface area contributed by atoms with Crippen LogP contribution in [-0.2, 0) is 4.79 Å². The van der Waals surface area contributed by atoms with Crippen molar-refractivity contribution >= 4 is 22.6 Å². The van der Waals surface area contributed by atoms with Crippen molar-refractivity contribution in [2.45, 2.75) is 0 Å². The van der Waals surface area contributed by atoms with Crippen molar-refractivity contribution < 1.29 is 14.3 Å². The van der Waals surface area contributed by atoms with Gasteiger partial charge in [0.15, 0.2) is 12.3 Å². The number of hydrazine groups is 1. The minimum absolute atomic E-state index is 0.0292. The third-order valence-corrected chi connectivity index (χ3v) is 3.58. The summed E-state index contributed by atoms with van der Waals surface area (Å²) in [6.07, 6.45) is 0. The lowest BCUT2D eigenvalue weighted by molar-refractivity contribution is -0.123. The summed E-state index contributed by atoms with van der Waals surface area (Å²) in [5, 5.41) is 15.4. The van der Waals surface area contributed by atoms with Crippen molar-refractivity contribution in [1.29, 1.82) is 5.26 Å². The molecule has 0 aliphatic rings. The van der Waals surface area contributed by atoms with E-state index in [1.807, 2.05) is 6.07 Å². The van der Waals surface area contributed by atoms with Gasteiger partial charge in [-0.3, -0.25) is 25.2 Å². The summed E-state index contributed by atoms with van der Waals surface area (Å²) < 4.78 is 5.26. The van der Waals surface area contributed by atoms with Gasteiger partial charge in [-0.05, 0) is 30.3 Å². The van der Waals surface area contributed by atoms with Gasteiger partial charge >= 0.3 is 0 Å². The molecule has 0 fully saturated rings. The molecule has 0 aliphatic carbocycles. The van der Waals surface area contributed by atoms with Crippen molar-refractivity contribution in [2.75, 3.05) is 6.61 Å². The molecule has 0 atom stereocenters. The van der Waals surface area contributed by atoms with Crippen LogP contribution in [0.25, 0.3) is 10.8 Å². The maximum absolute atomic E-state index is 12.2. The van der Waals surface area contributed by atoms with E-state index in [-0.39, 0.29) is 12.3 Å². The van der Waals surface area contributed by atoms with Gasteiger partial charge in [-0.2, -0.15) is 10.4 Å². The Balaban J connectivity index is 1.59. The fraction of sp³-hybridized carbons (Fsp3) is 0.0556. The van der Waals surface area contributed by atoms with E-state index >= 15 is 0 Å². The van der Waals surface area contributed by atoms with Crippen LogP contribution in [0.1, 0.15) is 16.1 Å². The van der Waals surface area contributed by atoms with Gasteiger partial charge in [-0.15, -0.1) is 0 Å². The van der Waals surface area contributed by atoms with Crippen LogP contribution in [0.15, 0.2) is 53.3 Å². The van der Waals surface area contributed by atoms with Crippen molar-refractivity contribution in [1.82, 2.24) is 21.0 Å². The highest BCUT2D eigenvalue weighted by Gasteiger charge is 2.14. The first kappa shape index (κ1) is 17.6. The number of rotatable bonds is 4. The van der Waals surface area contributed by atoms with Crippen molar-refractivity contribution in [3.05, 3.63) is 70.1 Å². The predicted octanol–water partition coefficient (Wildman–Crippen LogP) is 0.635. The number of benzene rings is 2. The maximum Gasteiger partial charge on any atom is 0.290 e. The molecule has 0 aliphatic heterocycles. The van der Waals surface area contributed by atoms with Gasteiger partial charge in [0, 0.05) is 5.39 Å². The van der Waals surface area contributed by atoms with Crippen LogP contribution in [0.2, 0.25) is 0 Å². The van der Waals surface area contributed by atoms with Crippen LogP contribution in [-0.4, -0.2) is 28.6 Å². The first-order valence-corrected chi connectivity index (χ1v) is 7.78. The standard InChI is InChI=1S/C18H13N5O4/c19-9-11-5-7-12(8-6-11)27-10-15(24)20-23-18(26)16-13-3-1-2-4-14(13)17(25)22-21-16/h1-8H,10H2,(H,20,24)(H,22,25)(H,23,26). The Hall–Kier alpha value is -4.19. The molecule has 0 unspecified atom stereocenters. The molecule has 0 saturated heterocycles. The Bertz CT molecular complexity index is 1100. The molecule has 2 aromatic carbocycles. The minimum Gasteiger partial charge on any atom is -0.484 e. The summed E-state index contributed by atoms with van der Waals surface area (Å²) >= 11 is 0. The quantitative estimate of drug-likeness (QED) is 0.582. The Kier molecular flexibility index (Phi) is 5.09. The van der Waals surface area contributed by atoms with Crippen LogP contribution in [0.4, 0.5) is 0 Å². The molecule has 9 nitrogen and oxygen atoms in total. The first-order valence-electron chi connectivity index (χ1n) is 7.78. The molecule has 0 spiro atoms. The minimum atomic E-state index is -0.686. The average Bonchev–Trinajstić information content (AvgIpc) is 2.71. The number of ether oxygens (including phenoxy) is 1. The van der Waals surface area contributed by atoms with E-state index in [0.29, 0.717) is 22.1 Å². The molecule has 27 heavy (non-hydrogen) atoms. The highest BCUT2D eigenvalue weighted by molar-refractivity contribution is 6.05. The zero-order chi connectivity index (χ0) is 19.2. The van der Waals surface area contributed by atoms with Gasteiger partial charge in [-0.1, -0.05) is 18.2 Å². The topological polar surface area (TPSA) is 137 Å². The van der Waals surface area contributed by atoms with Gasteiger partial charge in [0.05, 0.1) is 17.0 Å². The number of nitriles is 1.